The fourth-order valence-corrected chi connectivity index (χ4v) is 3.96. The van der Waals surface area contributed by atoms with E-state index in [-0.39, 0.29) is 18.7 Å². The molecule has 2 rings (SSSR count). The molecule has 2 N–H and O–H groups in total. The summed E-state index contributed by atoms with van der Waals surface area (Å²) in [6, 6.07) is 7.17. The number of hydrogen-bond acceptors (Lipinski definition) is 4. The minimum atomic E-state index is -3.75. The van der Waals surface area contributed by atoms with Crippen molar-refractivity contribution in [1.82, 2.24) is 4.31 Å². The number of aliphatic hydroxyl groups excluding tert-OH is 1. The third-order valence-electron chi connectivity index (χ3n) is 3.12. The third-order valence-corrected chi connectivity index (χ3v) is 4.94. The summed E-state index contributed by atoms with van der Waals surface area (Å²) >= 11 is 0. The average Bonchev–Trinajstić information content (AvgIpc) is 2.72. The second-order valence-corrected chi connectivity index (χ2v) is 6.41. The summed E-state index contributed by atoms with van der Waals surface area (Å²) in [5, 5.41) is 18.6. The van der Waals surface area contributed by atoms with Crippen LogP contribution in [0.25, 0.3) is 0 Å². The van der Waals surface area contributed by atoms with Gasteiger partial charge in [0.2, 0.25) is 10.0 Å². The molecule has 0 aliphatic carbocycles. The zero-order valence-corrected chi connectivity index (χ0v) is 11.0. The van der Waals surface area contributed by atoms with Crippen LogP contribution in [0.15, 0.2) is 30.3 Å². The van der Waals surface area contributed by atoms with Gasteiger partial charge in [-0.2, -0.15) is 4.31 Å². The highest BCUT2D eigenvalue weighted by molar-refractivity contribution is 7.88. The minimum absolute atomic E-state index is 0.0350. The maximum Gasteiger partial charge on any atom is 0.324 e. The summed E-state index contributed by atoms with van der Waals surface area (Å²) in [4.78, 5) is 11.1. The fourth-order valence-electron chi connectivity index (χ4n) is 2.22. The molecule has 1 aromatic carbocycles. The van der Waals surface area contributed by atoms with E-state index >= 15 is 0 Å². The highest BCUT2D eigenvalue weighted by atomic mass is 32.2. The normalized spacial score (nSPS) is 24.5. The number of rotatable bonds is 4. The molecule has 0 amide bonds. The maximum absolute atomic E-state index is 12.2. The Labute approximate surface area is 111 Å². The van der Waals surface area contributed by atoms with Crippen LogP contribution in [-0.4, -0.2) is 47.6 Å². The molecule has 6 nitrogen and oxygen atoms in total. The summed E-state index contributed by atoms with van der Waals surface area (Å²) in [6.45, 7) is 0.0350. The monoisotopic (exact) mass is 285 g/mol. The van der Waals surface area contributed by atoms with Gasteiger partial charge in [0, 0.05) is 6.54 Å². The number of aliphatic hydroxyl groups is 1. The molecule has 7 heteroatoms. The minimum Gasteiger partial charge on any atom is -0.480 e. The summed E-state index contributed by atoms with van der Waals surface area (Å²) in [7, 11) is -3.75. The molecular weight excluding hydrogens is 270 g/mol. The SMILES string of the molecule is O=C(O)C1C(O)CCN1S(=O)(=O)Cc1ccccc1. The van der Waals surface area contributed by atoms with E-state index < -0.39 is 28.1 Å². The van der Waals surface area contributed by atoms with Crippen LogP contribution in [0.5, 0.6) is 0 Å². The van der Waals surface area contributed by atoms with Crippen molar-refractivity contribution in [1.29, 1.82) is 0 Å². The lowest BCUT2D eigenvalue weighted by Gasteiger charge is -2.22. The number of nitrogens with zero attached hydrogens (tertiary/aromatic N) is 1. The van der Waals surface area contributed by atoms with Crippen molar-refractivity contribution in [3.63, 3.8) is 0 Å². The van der Waals surface area contributed by atoms with Crippen LogP contribution < -0.4 is 0 Å². The van der Waals surface area contributed by atoms with E-state index in [1.54, 1.807) is 30.3 Å². The molecule has 104 valence electrons. The molecule has 1 fully saturated rings. The van der Waals surface area contributed by atoms with Gasteiger partial charge in [0.1, 0.15) is 6.04 Å². The molecule has 19 heavy (non-hydrogen) atoms. The zero-order valence-electron chi connectivity index (χ0n) is 10.1. The van der Waals surface area contributed by atoms with Gasteiger partial charge in [-0.1, -0.05) is 30.3 Å². The van der Waals surface area contributed by atoms with Crippen molar-refractivity contribution in [2.24, 2.45) is 0 Å². The van der Waals surface area contributed by atoms with Crippen molar-refractivity contribution in [2.45, 2.75) is 24.3 Å². The number of benzene rings is 1. The predicted octanol–water partition coefficient (Wildman–Crippen LogP) is 0.0362. The van der Waals surface area contributed by atoms with Gasteiger partial charge in [0.05, 0.1) is 11.9 Å². The van der Waals surface area contributed by atoms with Gasteiger partial charge in [-0.25, -0.2) is 8.42 Å². The molecule has 2 unspecified atom stereocenters. The Balaban J connectivity index is 2.22. The average molecular weight is 285 g/mol. The van der Waals surface area contributed by atoms with Crippen molar-refractivity contribution >= 4 is 16.0 Å². The summed E-state index contributed by atoms with van der Waals surface area (Å²) in [5.74, 6) is -1.58. The van der Waals surface area contributed by atoms with Gasteiger partial charge < -0.3 is 10.2 Å². The second kappa shape index (κ2) is 5.28. The molecule has 1 aromatic rings. The molecule has 1 aliphatic heterocycles. The van der Waals surface area contributed by atoms with E-state index in [1.165, 1.54) is 0 Å². The summed E-state index contributed by atoms with van der Waals surface area (Å²) in [6.07, 6.45) is -1.01. The molecule has 0 spiro atoms. The molecule has 1 heterocycles. The van der Waals surface area contributed by atoms with Gasteiger partial charge in [-0.15, -0.1) is 0 Å². The topological polar surface area (TPSA) is 94.9 Å². The zero-order chi connectivity index (χ0) is 14.0. The molecule has 0 saturated carbocycles. The van der Waals surface area contributed by atoms with Crippen molar-refractivity contribution in [2.75, 3.05) is 6.54 Å². The lowest BCUT2D eigenvalue weighted by molar-refractivity contribution is -0.143. The van der Waals surface area contributed by atoms with Crippen molar-refractivity contribution in [3.05, 3.63) is 35.9 Å². The number of carbonyl (C=O) groups is 1. The molecule has 2 atom stereocenters. The van der Waals surface area contributed by atoms with Crippen LogP contribution in [0, 0.1) is 0 Å². The maximum atomic E-state index is 12.2. The third kappa shape index (κ3) is 2.94. The first-order valence-corrected chi connectivity index (χ1v) is 7.47. The Hall–Kier alpha value is -1.44. The van der Waals surface area contributed by atoms with E-state index in [0.29, 0.717) is 5.56 Å². The van der Waals surface area contributed by atoms with Crippen molar-refractivity contribution < 1.29 is 23.4 Å². The Morgan fingerprint density at radius 3 is 2.53 bits per heavy atom. The van der Waals surface area contributed by atoms with E-state index in [9.17, 15) is 18.3 Å². The number of aliphatic carboxylic acids is 1. The quantitative estimate of drug-likeness (QED) is 0.814. The van der Waals surface area contributed by atoms with Crippen LogP contribution in [0.2, 0.25) is 0 Å². The molecular formula is C12H15NO5S. The van der Waals surface area contributed by atoms with Gasteiger partial charge in [-0.3, -0.25) is 4.79 Å². The highest BCUT2D eigenvalue weighted by Gasteiger charge is 2.44. The molecule has 1 aliphatic rings. The van der Waals surface area contributed by atoms with E-state index in [2.05, 4.69) is 0 Å². The highest BCUT2D eigenvalue weighted by Crippen LogP contribution is 2.24. The van der Waals surface area contributed by atoms with Gasteiger partial charge in [0.25, 0.3) is 0 Å². The van der Waals surface area contributed by atoms with Gasteiger partial charge in [-0.05, 0) is 12.0 Å². The van der Waals surface area contributed by atoms with Crippen LogP contribution in [0.3, 0.4) is 0 Å². The smallest absolute Gasteiger partial charge is 0.324 e. The summed E-state index contributed by atoms with van der Waals surface area (Å²) in [5.41, 5.74) is 0.591. The van der Waals surface area contributed by atoms with E-state index in [4.69, 9.17) is 5.11 Å². The second-order valence-electron chi connectivity index (χ2n) is 4.49. The Morgan fingerprint density at radius 2 is 1.95 bits per heavy atom. The first-order valence-electron chi connectivity index (χ1n) is 5.86. The molecule has 0 radical (unpaired) electrons. The van der Waals surface area contributed by atoms with Gasteiger partial charge >= 0.3 is 5.97 Å². The number of hydrogen-bond donors (Lipinski definition) is 2. The number of sulfonamides is 1. The largest absolute Gasteiger partial charge is 0.480 e. The first-order chi connectivity index (χ1) is 8.92. The Morgan fingerprint density at radius 1 is 1.32 bits per heavy atom. The standard InChI is InChI=1S/C12H15NO5S/c14-10-6-7-13(11(10)12(15)16)19(17,18)8-9-4-2-1-3-5-9/h1-5,10-11,14H,6-8H2,(H,15,16). The van der Waals surface area contributed by atoms with Crippen LogP contribution in [-0.2, 0) is 20.6 Å². The number of carboxylic acids is 1. The Bertz CT molecular complexity index is 557. The molecule has 1 saturated heterocycles. The lowest BCUT2D eigenvalue weighted by atomic mass is 10.2. The summed E-state index contributed by atoms with van der Waals surface area (Å²) < 4.78 is 25.3. The fraction of sp³-hybridized carbons (Fsp3) is 0.417. The van der Waals surface area contributed by atoms with E-state index in [1.807, 2.05) is 0 Å². The molecule has 0 bridgehead atoms. The predicted molar refractivity (Wildman–Crippen MR) is 67.8 cm³/mol. The first kappa shape index (κ1) is 14.0. The van der Waals surface area contributed by atoms with Gasteiger partial charge in [0.15, 0.2) is 0 Å². The van der Waals surface area contributed by atoms with Crippen LogP contribution in [0.4, 0.5) is 0 Å². The number of carboxylic acid groups (broad SMARTS) is 1. The molecule has 0 aromatic heterocycles. The van der Waals surface area contributed by atoms with Crippen LogP contribution >= 0.6 is 0 Å². The Kier molecular flexibility index (Phi) is 3.88. The van der Waals surface area contributed by atoms with Crippen molar-refractivity contribution in [3.8, 4) is 0 Å². The lowest BCUT2D eigenvalue weighted by Crippen LogP contribution is -2.45. The van der Waals surface area contributed by atoms with E-state index in [0.717, 1.165) is 4.31 Å². The van der Waals surface area contributed by atoms with Crippen LogP contribution in [0.1, 0.15) is 12.0 Å².